The molecule has 0 amide bonds. The fourth-order valence-corrected chi connectivity index (χ4v) is 3.52. The second-order valence-corrected chi connectivity index (χ2v) is 5.39. The summed E-state index contributed by atoms with van der Waals surface area (Å²) in [7, 11) is 0. The average Bonchev–Trinajstić information content (AvgIpc) is 2.91. The molecule has 2 fully saturated rings. The van der Waals surface area contributed by atoms with Gasteiger partial charge in [0.15, 0.2) is 11.5 Å². The number of aliphatic hydroxyl groups excluding tert-OH is 1. The van der Waals surface area contributed by atoms with Gasteiger partial charge in [-0.3, -0.25) is 0 Å². The van der Waals surface area contributed by atoms with Gasteiger partial charge in [0.1, 0.15) is 11.8 Å². The van der Waals surface area contributed by atoms with Crippen molar-refractivity contribution in [1.29, 1.82) is 0 Å². The van der Waals surface area contributed by atoms with E-state index in [1.54, 1.807) is 0 Å². The lowest BCUT2D eigenvalue weighted by Gasteiger charge is -2.16. The third kappa shape index (κ3) is 1.23. The molecule has 0 radical (unpaired) electrons. The van der Waals surface area contributed by atoms with E-state index in [9.17, 15) is 5.11 Å². The largest absolute Gasteiger partial charge is 0.396 e. The number of nitrogens with zero attached hydrogens (tertiary/aromatic N) is 4. The molecule has 6 nitrogen and oxygen atoms in total. The van der Waals surface area contributed by atoms with Crippen molar-refractivity contribution in [1.82, 2.24) is 19.5 Å². The summed E-state index contributed by atoms with van der Waals surface area (Å²) in [5, 5.41) is 9.37. The maximum absolute atomic E-state index is 9.37. The quantitative estimate of drug-likeness (QED) is 0.808. The molecule has 18 heavy (non-hydrogen) atoms. The van der Waals surface area contributed by atoms with Gasteiger partial charge in [0.2, 0.25) is 0 Å². The second-order valence-electron chi connectivity index (χ2n) is 5.39. The van der Waals surface area contributed by atoms with Crippen LogP contribution in [0.5, 0.6) is 0 Å². The van der Waals surface area contributed by atoms with Crippen LogP contribution in [0.2, 0.25) is 0 Å². The van der Waals surface area contributed by atoms with Crippen LogP contribution in [0.15, 0.2) is 12.7 Å². The molecular formula is C12H15N5O. The van der Waals surface area contributed by atoms with Gasteiger partial charge in [-0.1, -0.05) is 0 Å². The van der Waals surface area contributed by atoms with E-state index in [2.05, 4.69) is 19.5 Å². The molecule has 2 aliphatic carbocycles. The third-order valence-corrected chi connectivity index (χ3v) is 4.51. The van der Waals surface area contributed by atoms with Crippen molar-refractivity contribution in [3.05, 3.63) is 12.7 Å². The maximum atomic E-state index is 9.37. The minimum atomic E-state index is 0.293. The zero-order valence-electron chi connectivity index (χ0n) is 9.90. The van der Waals surface area contributed by atoms with Crippen molar-refractivity contribution in [3.63, 3.8) is 0 Å². The summed E-state index contributed by atoms with van der Waals surface area (Å²) in [4.78, 5) is 12.6. The monoisotopic (exact) mass is 245 g/mol. The summed E-state index contributed by atoms with van der Waals surface area (Å²) in [6.07, 6.45) is 5.53. The van der Waals surface area contributed by atoms with Crippen LogP contribution in [0.1, 0.15) is 18.9 Å². The van der Waals surface area contributed by atoms with E-state index in [1.807, 2.05) is 6.33 Å². The maximum Gasteiger partial charge on any atom is 0.165 e. The number of aliphatic hydroxyl groups is 1. The second kappa shape index (κ2) is 3.41. The number of nitrogen functional groups attached to an aromatic ring is 1. The van der Waals surface area contributed by atoms with E-state index < -0.39 is 0 Å². The van der Waals surface area contributed by atoms with Gasteiger partial charge >= 0.3 is 0 Å². The Morgan fingerprint density at radius 3 is 2.94 bits per heavy atom. The van der Waals surface area contributed by atoms with E-state index in [0.29, 0.717) is 41.7 Å². The molecule has 0 bridgehead atoms. The average molecular weight is 245 g/mol. The van der Waals surface area contributed by atoms with Crippen LogP contribution in [-0.4, -0.2) is 31.2 Å². The van der Waals surface area contributed by atoms with Crippen molar-refractivity contribution in [2.75, 3.05) is 12.3 Å². The molecule has 2 heterocycles. The molecule has 3 N–H and O–H groups in total. The fourth-order valence-electron chi connectivity index (χ4n) is 3.52. The first-order valence-corrected chi connectivity index (χ1v) is 6.33. The van der Waals surface area contributed by atoms with E-state index in [4.69, 9.17) is 5.73 Å². The van der Waals surface area contributed by atoms with Crippen LogP contribution in [-0.2, 0) is 0 Å². The molecule has 0 spiro atoms. The van der Waals surface area contributed by atoms with Crippen molar-refractivity contribution >= 4 is 17.0 Å². The molecule has 2 aromatic heterocycles. The van der Waals surface area contributed by atoms with Crippen molar-refractivity contribution < 1.29 is 5.11 Å². The number of fused-ring (bicyclic) bond motifs is 2. The van der Waals surface area contributed by atoms with Gasteiger partial charge in [0.05, 0.1) is 6.33 Å². The lowest BCUT2D eigenvalue weighted by molar-refractivity contribution is 0.208. The fraction of sp³-hybridized carbons (Fsp3) is 0.583. The Balaban J connectivity index is 1.78. The van der Waals surface area contributed by atoms with E-state index in [-0.39, 0.29) is 0 Å². The van der Waals surface area contributed by atoms with Crippen LogP contribution in [0.3, 0.4) is 0 Å². The number of imidazole rings is 1. The molecular weight excluding hydrogens is 230 g/mol. The minimum absolute atomic E-state index is 0.293. The highest BCUT2D eigenvalue weighted by atomic mass is 16.3. The molecule has 0 aliphatic heterocycles. The van der Waals surface area contributed by atoms with Crippen molar-refractivity contribution in [2.24, 2.45) is 17.8 Å². The zero-order valence-corrected chi connectivity index (χ0v) is 9.90. The van der Waals surface area contributed by atoms with Crippen LogP contribution in [0.4, 0.5) is 5.82 Å². The first kappa shape index (κ1) is 10.3. The van der Waals surface area contributed by atoms with Gasteiger partial charge in [-0.05, 0) is 30.6 Å². The van der Waals surface area contributed by atoms with Gasteiger partial charge in [-0.2, -0.15) is 0 Å². The Bertz CT molecular complexity index is 610. The Kier molecular flexibility index (Phi) is 1.94. The van der Waals surface area contributed by atoms with Crippen LogP contribution < -0.4 is 5.73 Å². The highest BCUT2D eigenvalue weighted by Gasteiger charge is 2.54. The number of nitrogens with two attached hydrogens (primary N) is 1. The van der Waals surface area contributed by atoms with Gasteiger partial charge in [0, 0.05) is 12.6 Å². The van der Waals surface area contributed by atoms with Gasteiger partial charge in [-0.25, -0.2) is 15.0 Å². The van der Waals surface area contributed by atoms with Crippen molar-refractivity contribution in [3.8, 4) is 0 Å². The molecule has 94 valence electrons. The molecule has 2 saturated carbocycles. The Labute approximate surface area is 104 Å². The Morgan fingerprint density at radius 1 is 1.28 bits per heavy atom. The predicted molar refractivity (Wildman–Crippen MR) is 65.6 cm³/mol. The van der Waals surface area contributed by atoms with Gasteiger partial charge in [-0.15, -0.1) is 0 Å². The lowest BCUT2D eigenvalue weighted by Crippen LogP contribution is -2.12. The Morgan fingerprint density at radius 2 is 2.17 bits per heavy atom. The van der Waals surface area contributed by atoms with Crippen LogP contribution in [0.25, 0.3) is 11.2 Å². The highest BCUT2D eigenvalue weighted by Crippen LogP contribution is 2.60. The zero-order chi connectivity index (χ0) is 12.3. The molecule has 0 aromatic carbocycles. The Hall–Kier alpha value is -1.69. The predicted octanol–water partition coefficient (Wildman–Crippen LogP) is 0.598. The third-order valence-electron chi connectivity index (χ3n) is 4.51. The smallest absolute Gasteiger partial charge is 0.165 e. The first-order chi connectivity index (χ1) is 8.79. The normalized spacial score (nSPS) is 33.8. The first-order valence-electron chi connectivity index (χ1n) is 6.33. The lowest BCUT2D eigenvalue weighted by atomic mass is 10.0. The van der Waals surface area contributed by atoms with Gasteiger partial charge < -0.3 is 15.4 Å². The van der Waals surface area contributed by atoms with E-state index >= 15 is 0 Å². The number of hydrogen-bond donors (Lipinski definition) is 2. The number of hydrogen-bond acceptors (Lipinski definition) is 5. The number of aromatic nitrogens is 4. The summed E-state index contributed by atoms with van der Waals surface area (Å²) >= 11 is 0. The molecule has 2 aromatic rings. The van der Waals surface area contributed by atoms with E-state index in [1.165, 1.54) is 12.7 Å². The molecule has 4 rings (SSSR count). The standard InChI is InChI=1S/C12H15N5O/c13-11-10-12(15-4-14-11)17(5-16-10)9-1-6(3-18)7-2-8(7)9/h4-9,18H,1-3H2,(H2,13,14,15)/t6-,7?,8?,9-/m1/s1. The van der Waals surface area contributed by atoms with Crippen LogP contribution >= 0.6 is 0 Å². The number of anilines is 1. The summed E-state index contributed by atoms with van der Waals surface area (Å²) in [6.45, 7) is 0.293. The molecule has 2 aliphatic rings. The number of rotatable bonds is 2. The van der Waals surface area contributed by atoms with Gasteiger partial charge in [0.25, 0.3) is 0 Å². The summed E-state index contributed by atoms with van der Waals surface area (Å²) in [5.74, 6) is 2.24. The SMILES string of the molecule is Nc1ncnc2c1ncn2[C@@H]1C[C@H](CO)C2CC21. The van der Waals surface area contributed by atoms with Crippen LogP contribution in [0, 0.1) is 17.8 Å². The summed E-state index contributed by atoms with van der Waals surface area (Å²) in [6, 6.07) is 0.409. The summed E-state index contributed by atoms with van der Waals surface area (Å²) < 4.78 is 2.12. The van der Waals surface area contributed by atoms with E-state index in [0.717, 1.165) is 12.1 Å². The summed E-state index contributed by atoms with van der Waals surface area (Å²) in [5.41, 5.74) is 7.30. The highest BCUT2D eigenvalue weighted by molar-refractivity contribution is 5.81. The molecule has 0 saturated heterocycles. The molecule has 2 unspecified atom stereocenters. The minimum Gasteiger partial charge on any atom is -0.396 e. The molecule has 6 heteroatoms. The van der Waals surface area contributed by atoms with Crippen molar-refractivity contribution in [2.45, 2.75) is 18.9 Å². The topological polar surface area (TPSA) is 89.9 Å². The molecule has 4 atom stereocenters.